The topological polar surface area (TPSA) is 70.2 Å². The van der Waals surface area contributed by atoms with Crippen LogP contribution in [0.4, 0.5) is 5.69 Å². The Morgan fingerprint density at radius 2 is 2.36 bits per heavy atom. The van der Waals surface area contributed by atoms with Crippen LogP contribution in [0.15, 0.2) is 48.8 Å². The lowest BCUT2D eigenvalue weighted by molar-refractivity contribution is 0.211. The molecule has 2 heterocycles. The van der Waals surface area contributed by atoms with Crippen LogP contribution in [0.1, 0.15) is 5.56 Å². The Morgan fingerprint density at radius 3 is 3.18 bits per heavy atom. The summed E-state index contributed by atoms with van der Waals surface area (Å²) in [6, 6.07) is 2.03. The summed E-state index contributed by atoms with van der Waals surface area (Å²) in [6.07, 6.45) is 8.48. The first-order valence-electron chi connectivity index (χ1n) is 7.16. The van der Waals surface area contributed by atoms with Crippen LogP contribution in [0.25, 0.3) is 16.6 Å². The Hall–Kier alpha value is -2.37. The van der Waals surface area contributed by atoms with Crippen molar-refractivity contribution in [2.45, 2.75) is 6.10 Å². The Bertz CT molecular complexity index is 758. The fourth-order valence-corrected chi connectivity index (χ4v) is 2.53. The summed E-state index contributed by atoms with van der Waals surface area (Å²) >= 11 is 0. The van der Waals surface area contributed by atoms with E-state index < -0.39 is 6.10 Å². The maximum absolute atomic E-state index is 10.2. The predicted molar refractivity (Wildman–Crippen MR) is 88.7 cm³/mol. The number of allylic oxidation sites excluding steroid dienone is 3. The van der Waals surface area contributed by atoms with Crippen molar-refractivity contribution in [3.8, 4) is 0 Å². The number of aromatic nitrogens is 2. The van der Waals surface area contributed by atoms with Crippen molar-refractivity contribution < 1.29 is 9.84 Å². The van der Waals surface area contributed by atoms with E-state index in [2.05, 4.69) is 21.9 Å². The van der Waals surface area contributed by atoms with E-state index in [1.54, 1.807) is 19.4 Å². The molecule has 1 aliphatic rings. The fourth-order valence-electron chi connectivity index (χ4n) is 2.53. The Kier molecular flexibility index (Phi) is 4.09. The first kappa shape index (κ1) is 14.6. The van der Waals surface area contributed by atoms with Crippen molar-refractivity contribution >= 4 is 22.3 Å². The minimum absolute atomic E-state index is 0.630. The van der Waals surface area contributed by atoms with Gasteiger partial charge in [0.25, 0.3) is 0 Å². The van der Waals surface area contributed by atoms with Gasteiger partial charge in [-0.2, -0.15) is 0 Å². The number of aliphatic hydroxyl groups is 1. The molecule has 0 bridgehead atoms. The summed E-state index contributed by atoms with van der Waals surface area (Å²) in [5.74, 6) is 0. The Balaban J connectivity index is 1.96. The van der Waals surface area contributed by atoms with E-state index in [4.69, 9.17) is 4.74 Å². The highest BCUT2D eigenvalue weighted by Gasteiger charge is 2.18. The van der Waals surface area contributed by atoms with E-state index in [0.29, 0.717) is 13.2 Å². The van der Waals surface area contributed by atoms with Crippen molar-refractivity contribution in [2.24, 2.45) is 0 Å². The molecule has 0 aromatic carbocycles. The summed E-state index contributed by atoms with van der Waals surface area (Å²) in [7, 11) is 1.67. The molecule has 2 aromatic rings. The van der Waals surface area contributed by atoms with Crippen LogP contribution in [0.5, 0.6) is 0 Å². The van der Waals surface area contributed by atoms with Crippen LogP contribution in [-0.4, -0.2) is 41.4 Å². The van der Waals surface area contributed by atoms with Crippen molar-refractivity contribution in [2.75, 3.05) is 25.6 Å². The normalized spacial score (nSPS) is 17.8. The standard InChI is InChI=1S/C17H19N3O2/c1-11-3-4-16(21)13(7-11)15-10-20-17-14(15)8-12(9-19-17)18-5-6-22-2/h3-4,7-10,16,18,21H,1,5-6H2,2H3,(H,19,20). The molecule has 0 amide bonds. The number of nitrogens with one attached hydrogen (secondary N) is 2. The summed E-state index contributed by atoms with van der Waals surface area (Å²) in [5, 5.41) is 14.4. The second kappa shape index (κ2) is 6.17. The minimum atomic E-state index is -0.630. The second-order valence-electron chi connectivity index (χ2n) is 5.22. The molecular formula is C17H19N3O2. The van der Waals surface area contributed by atoms with Gasteiger partial charge in [-0.05, 0) is 23.3 Å². The first-order chi connectivity index (χ1) is 10.7. The molecule has 114 valence electrons. The van der Waals surface area contributed by atoms with Gasteiger partial charge < -0.3 is 20.1 Å². The minimum Gasteiger partial charge on any atom is -0.384 e. The summed E-state index contributed by atoms with van der Waals surface area (Å²) in [5.41, 5.74) is 4.36. The monoisotopic (exact) mass is 297 g/mol. The molecule has 1 unspecified atom stereocenters. The molecule has 5 nitrogen and oxygen atoms in total. The van der Waals surface area contributed by atoms with Gasteiger partial charge in [0.2, 0.25) is 0 Å². The molecule has 0 spiro atoms. The number of H-pyrrole nitrogens is 1. The third kappa shape index (κ3) is 2.81. The number of hydrogen-bond acceptors (Lipinski definition) is 4. The molecular weight excluding hydrogens is 278 g/mol. The molecule has 0 aliphatic heterocycles. The van der Waals surface area contributed by atoms with E-state index in [1.165, 1.54) is 0 Å². The average molecular weight is 297 g/mol. The van der Waals surface area contributed by atoms with Crippen molar-refractivity contribution in [3.63, 3.8) is 0 Å². The highest BCUT2D eigenvalue weighted by Crippen LogP contribution is 2.31. The number of anilines is 1. The highest BCUT2D eigenvalue weighted by atomic mass is 16.5. The lowest BCUT2D eigenvalue weighted by Gasteiger charge is -2.15. The number of fused-ring (bicyclic) bond motifs is 1. The van der Waals surface area contributed by atoms with E-state index >= 15 is 0 Å². The highest BCUT2D eigenvalue weighted by molar-refractivity contribution is 5.94. The summed E-state index contributed by atoms with van der Waals surface area (Å²) in [4.78, 5) is 7.56. The van der Waals surface area contributed by atoms with Crippen molar-refractivity contribution in [1.29, 1.82) is 0 Å². The summed E-state index contributed by atoms with van der Waals surface area (Å²) in [6.45, 7) is 5.28. The largest absolute Gasteiger partial charge is 0.384 e. The van der Waals surface area contributed by atoms with Gasteiger partial charge in [-0.1, -0.05) is 18.7 Å². The van der Waals surface area contributed by atoms with Crippen LogP contribution >= 0.6 is 0 Å². The number of rotatable bonds is 5. The molecule has 0 saturated heterocycles. The maximum atomic E-state index is 10.2. The maximum Gasteiger partial charge on any atom is 0.138 e. The SMILES string of the molecule is C=C1C=CC(O)C(c2c[nH]c3ncc(NCCOC)cc23)=C1. The molecule has 2 aromatic heterocycles. The Morgan fingerprint density at radius 1 is 1.50 bits per heavy atom. The van der Waals surface area contributed by atoms with Crippen molar-refractivity contribution in [3.05, 3.63) is 54.4 Å². The van der Waals surface area contributed by atoms with Gasteiger partial charge in [0.05, 0.1) is 24.6 Å². The van der Waals surface area contributed by atoms with Gasteiger partial charge in [0.15, 0.2) is 0 Å². The third-order valence-electron chi connectivity index (χ3n) is 3.63. The molecule has 0 radical (unpaired) electrons. The number of hydrogen-bond donors (Lipinski definition) is 3. The molecule has 22 heavy (non-hydrogen) atoms. The average Bonchev–Trinajstić information content (AvgIpc) is 2.93. The lowest BCUT2D eigenvalue weighted by atomic mass is 9.94. The van der Waals surface area contributed by atoms with Crippen LogP contribution in [0.3, 0.4) is 0 Å². The summed E-state index contributed by atoms with van der Waals surface area (Å²) < 4.78 is 5.03. The van der Waals surface area contributed by atoms with Gasteiger partial charge in [-0.25, -0.2) is 4.98 Å². The molecule has 0 fully saturated rings. The smallest absolute Gasteiger partial charge is 0.138 e. The zero-order valence-corrected chi connectivity index (χ0v) is 12.5. The molecule has 1 aliphatic carbocycles. The number of methoxy groups -OCH3 is 1. The van der Waals surface area contributed by atoms with Crippen molar-refractivity contribution in [1.82, 2.24) is 9.97 Å². The van der Waals surface area contributed by atoms with Gasteiger partial charge in [0, 0.05) is 30.8 Å². The number of aromatic amines is 1. The van der Waals surface area contributed by atoms with E-state index in [9.17, 15) is 5.11 Å². The van der Waals surface area contributed by atoms with E-state index in [-0.39, 0.29) is 0 Å². The Labute approximate surface area is 129 Å². The lowest BCUT2D eigenvalue weighted by Crippen LogP contribution is -2.09. The van der Waals surface area contributed by atoms with Gasteiger partial charge in [-0.3, -0.25) is 0 Å². The van der Waals surface area contributed by atoms with E-state index in [0.717, 1.165) is 33.4 Å². The van der Waals surface area contributed by atoms with E-state index in [1.807, 2.05) is 24.4 Å². The zero-order chi connectivity index (χ0) is 15.5. The molecule has 0 saturated carbocycles. The van der Waals surface area contributed by atoms with Gasteiger partial charge >= 0.3 is 0 Å². The number of pyridine rings is 1. The van der Waals surface area contributed by atoms with Gasteiger partial charge in [0.1, 0.15) is 5.65 Å². The molecule has 3 rings (SSSR count). The fraction of sp³-hybridized carbons (Fsp3) is 0.235. The first-order valence-corrected chi connectivity index (χ1v) is 7.16. The number of aliphatic hydroxyl groups excluding tert-OH is 1. The number of ether oxygens (including phenoxy) is 1. The van der Waals surface area contributed by atoms with Crippen LogP contribution < -0.4 is 5.32 Å². The second-order valence-corrected chi connectivity index (χ2v) is 5.22. The molecule has 3 N–H and O–H groups in total. The predicted octanol–water partition coefficient (Wildman–Crippen LogP) is 2.49. The molecule has 1 atom stereocenters. The quantitative estimate of drug-likeness (QED) is 0.742. The van der Waals surface area contributed by atoms with Gasteiger partial charge in [-0.15, -0.1) is 0 Å². The third-order valence-corrected chi connectivity index (χ3v) is 3.63. The molecule has 5 heteroatoms. The number of nitrogens with zero attached hydrogens (tertiary/aromatic N) is 1. The van der Waals surface area contributed by atoms with Crippen LogP contribution in [0.2, 0.25) is 0 Å². The zero-order valence-electron chi connectivity index (χ0n) is 12.5. The van der Waals surface area contributed by atoms with Crippen LogP contribution in [-0.2, 0) is 4.74 Å². The van der Waals surface area contributed by atoms with Crippen LogP contribution in [0, 0.1) is 0 Å².